The maximum absolute atomic E-state index is 12.0. The van der Waals surface area contributed by atoms with Crippen molar-refractivity contribution in [3.8, 4) is 0 Å². The molecule has 3 rings (SSSR count). The van der Waals surface area contributed by atoms with Gasteiger partial charge in [0.05, 0.1) is 6.07 Å². The number of hydrogen-bond acceptors (Lipinski definition) is 6. The van der Waals surface area contributed by atoms with E-state index in [2.05, 4.69) is 27.0 Å². The van der Waals surface area contributed by atoms with Crippen molar-refractivity contribution in [2.45, 2.75) is 19.4 Å². The van der Waals surface area contributed by atoms with Crippen LogP contribution in [0.1, 0.15) is 29.0 Å². The molecule has 1 aliphatic heterocycles. The molecule has 0 saturated carbocycles. The molecule has 1 amide bonds. The smallest absolute Gasteiger partial charge is 0.395 e. The monoisotopic (exact) mass is 349 g/mol. The molecular weight excluding hydrogens is 330 g/mol. The summed E-state index contributed by atoms with van der Waals surface area (Å²) in [6.07, 6.45) is 2.06. The first-order valence-electron chi connectivity index (χ1n) is 7.87. The van der Waals surface area contributed by atoms with E-state index in [0.29, 0.717) is 12.5 Å². The topological polar surface area (TPSA) is 88.6 Å². The summed E-state index contributed by atoms with van der Waals surface area (Å²) >= 11 is 1.72. The Bertz CT molecular complexity index is 690. The van der Waals surface area contributed by atoms with Crippen molar-refractivity contribution in [2.75, 3.05) is 19.6 Å². The van der Waals surface area contributed by atoms with Gasteiger partial charge < -0.3 is 9.73 Å². The Kier molecular flexibility index (Phi) is 5.27. The summed E-state index contributed by atoms with van der Waals surface area (Å²) in [5.74, 6) is -0.403. The highest BCUT2D eigenvalue weighted by Gasteiger charge is 2.22. The molecular formula is C16H19N3O4S. The molecule has 0 spiro atoms. The number of nitrogens with zero attached hydrogens (tertiary/aromatic N) is 2. The Morgan fingerprint density at radius 2 is 2.17 bits per heavy atom. The van der Waals surface area contributed by atoms with E-state index in [1.54, 1.807) is 11.3 Å². The highest BCUT2D eigenvalue weighted by Crippen LogP contribution is 2.20. The minimum atomic E-state index is -0.653. The largest absolute Gasteiger partial charge is 0.433 e. The van der Waals surface area contributed by atoms with Crippen LogP contribution in [0.5, 0.6) is 0 Å². The molecule has 0 atom stereocenters. The van der Waals surface area contributed by atoms with Gasteiger partial charge in [0, 0.05) is 13.1 Å². The van der Waals surface area contributed by atoms with E-state index < -0.39 is 16.7 Å². The quantitative estimate of drug-likeness (QED) is 0.640. The predicted octanol–water partition coefficient (Wildman–Crippen LogP) is 2.89. The number of piperidine rings is 1. The number of hydrogen-bond donors (Lipinski definition) is 1. The number of carbonyl (C=O) groups excluding carboxylic acids is 1. The third-order valence-corrected chi connectivity index (χ3v) is 4.97. The fraction of sp³-hybridized carbons (Fsp3) is 0.438. The van der Waals surface area contributed by atoms with Gasteiger partial charge in [-0.15, -0.1) is 0 Å². The number of nitro groups is 1. The van der Waals surface area contributed by atoms with Crippen LogP contribution < -0.4 is 5.32 Å². The normalized spacial score (nSPS) is 16.2. The minimum absolute atomic E-state index is 0.0170. The summed E-state index contributed by atoms with van der Waals surface area (Å²) in [4.78, 5) is 24.3. The number of rotatable bonds is 6. The Morgan fingerprint density at radius 1 is 1.38 bits per heavy atom. The van der Waals surface area contributed by atoms with Gasteiger partial charge in [0.2, 0.25) is 0 Å². The first-order valence-corrected chi connectivity index (χ1v) is 8.82. The zero-order chi connectivity index (χ0) is 16.9. The van der Waals surface area contributed by atoms with Crippen LogP contribution in [0.25, 0.3) is 0 Å². The van der Waals surface area contributed by atoms with Gasteiger partial charge in [0.25, 0.3) is 5.91 Å². The van der Waals surface area contributed by atoms with Crippen LogP contribution in [0.4, 0.5) is 5.88 Å². The van der Waals surface area contributed by atoms with Gasteiger partial charge >= 0.3 is 5.88 Å². The second kappa shape index (κ2) is 7.59. The average molecular weight is 349 g/mol. The first-order chi connectivity index (χ1) is 11.6. The van der Waals surface area contributed by atoms with Crippen molar-refractivity contribution in [1.29, 1.82) is 0 Å². The van der Waals surface area contributed by atoms with E-state index in [1.807, 2.05) is 0 Å². The fourth-order valence-electron chi connectivity index (χ4n) is 2.86. The van der Waals surface area contributed by atoms with Crippen LogP contribution in [0.15, 0.2) is 33.4 Å². The average Bonchev–Trinajstić information content (AvgIpc) is 3.25. The van der Waals surface area contributed by atoms with Gasteiger partial charge in [0.15, 0.2) is 5.76 Å². The van der Waals surface area contributed by atoms with Gasteiger partial charge in [-0.2, -0.15) is 11.3 Å². The lowest BCUT2D eigenvalue weighted by molar-refractivity contribution is -0.402. The molecule has 2 aromatic rings. The van der Waals surface area contributed by atoms with Crippen molar-refractivity contribution in [1.82, 2.24) is 10.2 Å². The molecule has 0 aromatic carbocycles. The van der Waals surface area contributed by atoms with Crippen LogP contribution in [0, 0.1) is 16.0 Å². The second-order valence-corrected chi connectivity index (χ2v) is 6.74. The zero-order valence-corrected chi connectivity index (χ0v) is 14.0. The summed E-state index contributed by atoms with van der Waals surface area (Å²) in [5, 5.41) is 17.6. The standard InChI is InChI=1S/C16H19N3O4S/c20-16(14-1-2-15(23-14)19(21)22)17-9-12-3-6-18(7-4-12)10-13-5-8-24-11-13/h1-2,5,8,11-12H,3-4,6-7,9-10H2,(H,17,20). The van der Waals surface area contributed by atoms with Gasteiger partial charge in [-0.05, 0) is 60.3 Å². The van der Waals surface area contributed by atoms with Crippen molar-refractivity contribution in [3.05, 3.63) is 50.4 Å². The Hall–Kier alpha value is -2.19. The van der Waals surface area contributed by atoms with Crippen LogP contribution >= 0.6 is 11.3 Å². The molecule has 0 aliphatic carbocycles. The van der Waals surface area contributed by atoms with E-state index >= 15 is 0 Å². The second-order valence-electron chi connectivity index (χ2n) is 5.96. The van der Waals surface area contributed by atoms with Gasteiger partial charge in [0.1, 0.15) is 4.92 Å². The van der Waals surface area contributed by atoms with Crippen LogP contribution in [-0.2, 0) is 6.54 Å². The number of likely N-dealkylation sites (tertiary alicyclic amines) is 1. The fourth-order valence-corrected chi connectivity index (χ4v) is 3.52. The van der Waals surface area contributed by atoms with Crippen molar-refractivity contribution in [3.63, 3.8) is 0 Å². The third-order valence-electron chi connectivity index (χ3n) is 4.24. The number of furan rings is 1. The van der Waals surface area contributed by atoms with Crippen molar-refractivity contribution >= 4 is 23.1 Å². The molecule has 7 nitrogen and oxygen atoms in total. The number of thiophene rings is 1. The lowest BCUT2D eigenvalue weighted by Gasteiger charge is -2.31. The molecule has 2 aromatic heterocycles. The Labute approximate surface area is 143 Å². The number of amides is 1. The maximum atomic E-state index is 12.0. The van der Waals surface area contributed by atoms with E-state index in [9.17, 15) is 14.9 Å². The van der Waals surface area contributed by atoms with E-state index in [1.165, 1.54) is 17.7 Å². The van der Waals surface area contributed by atoms with Gasteiger partial charge in [-0.3, -0.25) is 19.8 Å². The Balaban J connectivity index is 1.41. The molecule has 1 fully saturated rings. The van der Waals surface area contributed by atoms with Crippen LogP contribution in [0.2, 0.25) is 0 Å². The molecule has 1 aliphatic rings. The summed E-state index contributed by atoms with van der Waals surface area (Å²) in [5.41, 5.74) is 1.35. The third kappa shape index (κ3) is 4.21. The minimum Gasteiger partial charge on any atom is -0.395 e. The summed E-state index contributed by atoms with van der Waals surface area (Å²) in [7, 11) is 0. The van der Waals surface area contributed by atoms with Crippen molar-refractivity contribution < 1.29 is 14.1 Å². The molecule has 0 radical (unpaired) electrons. The number of carbonyl (C=O) groups is 1. The molecule has 0 bridgehead atoms. The van der Waals surface area contributed by atoms with E-state index in [-0.39, 0.29) is 5.76 Å². The number of nitrogens with one attached hydrogen (secondary N) is 1. The highest BCUT2D eigenvalue weighted by molar-refractivity contribution is 7.07. The zero-order valence-electron chi connectivity index (χ0n) is 13.1. The molecule has 24 heavy (non-hydrogen) atoms. The summed E-state index contributed by atoms with van der Waals surface area (Å²) < 4.78 is 4.90. The lowest BCUT2D eigenvalue weighted by Crippen LogP contribution is -2.38. The van der Waals surface area contributed by atoms with Gasteiger partial charge in [-0.25, -0.2) is 0 Å². The van der Waals surface area contributed by atoms with Crippen molar-refractivity contribution in [2.24, 2.45) is 5.92 Å². The summed E-state index contributed by atoms with van der Waals surface area (Å²) in [6, 6.07) is 4.67. The SMILES string of the molecule is O=C(NCC1CCN(Cc2ccsc2)CC1)c1ccc([N+](=O)[O-])o1. The molecule has 8 heteroatoms. The van der Waals surface area contributed by atoms with Crippen LogP contribution in [0.3, 0.4) is 0 Å². The maximum Gasteiger partial charge on any atom is 0.433 e. The Morgan fingerprint density at radius 3 is 2.79 bits per heavy atom. The van der Waals surface area contributed by atoms with Crippen LogP contribution in [-0.4, -0.2) is 35.4 Å². The highest BCUT2D eigenvalue weighted by atomic mass is 32.1. The predicted molar refractivity (Wildman–Crippen MR) is 90.0 cm³/mol. The molecule has 0 unspecified atom stereocenters. The summed E-state index contributed by atoms with van der Waals surface area (Å²) in [6.45, 7) is 3.59. The molecule has 128 valence electrons. The lowest BCUT2D eigenvalue weighted by atomic mass is 9.96. The van der Waals surface area contributed by atoms with Gasteiger partial charge in [-0.1, -0.05) is 0 Å². The molecule has 3 heterocycles. The molecule has 1 N–H and O–H groups in total. The van der Waals surface area contributed by atoms with E-state index in [4.69, 9.17) is 4.42 Å². The first kappa shape index (κ1) is 16.7. The molecule has 1 saturated heterocycles. The van der Waals surface area contributed by atoms with E-state index in [0.717, 1.165) is 32.5 Å².